The summed E-state index contributed by atoms with van der Waals surface area (Å²) in [7, 11) is 3.10. The molecule has 0 unspecified atom stereocenters. The molecule has 0 radical (unpaired) electrons. The maximum absolute atomic E-state index is 13.4. The predicted octanol–water partition coefficient (Wildman–Crippen LogP) is 3.81. The summed E-state index contributed by atoms with van der Waals surface area (Å²) in [4.78, 5) is 67.1. The van der Waals surface area contributed by atoms with E-state index in [1.165, 1.54) is 11.8 Å². The van der Waals surface area contributed by atoms with Crippen LogP contribution >= 0.6 is 0 Å². The molecule has 3 aromatic rings. The lowest BCUT2D eigenvalue weighted by Crippen LogP contribution is -2.56. The van der Waals surface area contributed by atoms with Gasteiger partial charge in [-0.05, 0) is 114 Å². The van der Waals surface area contributed by atoms with E-state index in [0.717, 1.165) is 48.2 Å². The average Bonchev–Trinajstić information content (AvgIpc) is 3.86. The van der Waals surface area contributed by atoms with Crippen LogP contribution in [-0.2, 0) is 49.7 Å². The van der Waals surface area contributed by atoms with Crippen LogP contribution in [-0.4, -0.2) is 167 Å². The third kappa shape index (κ3) is 15.0. The van der Waals surface area contributed by atoms with Crippen molar-refractivity contribution in [2.75, 3.05) is 77.3 Å². The van der Waals surface area contributed by atoms with Gasteiger partial charge in [-0.3, -0.25) is 19.4 Å². The molecule has 71 heavy (non-hydrogen) atoms. The molecule has 4 amide bonds. The van der Waals surface area contributed by atoms with Crippen LogP contribution in [0.1, 0.15) is 94.1 Å². The number of amides is 4. The van der Waals surface area contributed by atoms with E-state index in [1.807, 2.05) is 62.1 Å². The van der Waals surface area contributed by atoms with Gasteiger partial charge >= 0.3 is 12.2 Å². The molecule has 2 aromatic carbocycles. The molecule has 21 heteroatoms. The summed E-state index contributed by atoms with van der Waals surface area (Å²) >= 11 is 0. The molecule has 0 bridgehead atoms. The fraction of sp³-hybridized carbons (Fsp3) is 0.600. The van der Waals surface area contributed by atoms with Gasteiger partial charge < -0.3 is 64.8 Å². The number of carbonyl (C=O) groups excluding carboxylic acids is 4. The smallest absolute Gasteiger partial charge is 0.410 e. The van der Waals surface area contributed by atoms with Crippen molar-refractivity contribution in [3.05, 3.63) is 70.4 Å². The van der Waals surface area contributed by atoms with E-state index in [9.17, 15) is 29.4 Å². The number of methoxy groups -OCH3 is 2. The first-order valence-electron chi connectivity index (χ1n) is 24.1. The number of hydrogen-bond donors (Lipinski definition) is 5. The van der Waals surface area contributed by atoms with Crippen molar-refractivity contribution in [2.45, 2.75) is 129 Å². The zero-order valence-electron chi connectivity index (χ0n) is 42.6. The summed E-state index contributed by atoms with van der Waals surface area (Å²) in [6.07, 6.45) is -0.0238. The standard InChI is InChI=1S/C32H45N7O7.C18H28N2O5/c1-20(40)38-17-23(18-38)34-28-14-25(35-30(36-28)37-10-6-7-11-37)29(42)33-15-27(41)26-13-21-8-9-24(45-19-44-5)12-22(21)16-39(26)31(43)46-32(2,3)4;1-18(2,3)25-17(22)20-10-13-7-14(24-11-23-4)6-5-12(13)8-15(20)16(21)9-19/h8-9,12,14,23,26-27,41H,6-7,10-11,13,15-19H2,1-5H3,(H,33,42)(H,34,35,36);5-7,15-16,21H,8-11,19H2,1-4H3/t26-,27+;15-,16+/m00/s1. The molecule has 2 saturated heterocycles. The van der Waals surface area contributed by atoms with Crippen LogP contribution < -0.4 is 30.7 Å². The van der Waals surface area contributed by atoms with E-state index in [4.69, 9.17) is 34.2 Å². The van der Waals surface area contributed by atoms with Gasteiger partial charge in [0.15, 0.2) is 13.6 Å². The van der Waals surface area contributed by atoms with E-state index in [1.54, 1.807) is 50.9 Å². The number of aliphatic hydroxyl groups excluding tert-OH is 2. The summed E-state index contributed by atoms with van der Waals surface area (Å²) in [5, 5.41) is 27.8. The molecule has 21 nitrogen and oxygen atoms in total. The van der Waals surface area contributed by atoms with Gasteiger partial charge in [0, 0.05) is 79.6 Å². The minimum absolute atomic E-state index is 0.0182. The SMILES string of the molecule is COCOc1ccc2c(c1)CN(C(=O)OC(C)(C)C)[C@H]([C@H](O)CN)C2.COCOc1ccc2c(c1)CN(C(=O)OC(C)(C)C)[C@H]([C@H](O)CNC(=O)c1cc(NC3CN(C(C)=O)C3)nc(N3CCCC3)n1)C2. The van der Waals surface area contributed by atoms with Crippen molar-refractivity contribution < 1.29 is 57.8 Å². The van der Waals surface area contributed by atoms with Crippen LogP contribution in [0.3, 0.4) is 0 Å². The lowest BCUT2D eigenvalue weighted by Gasteiger charge is -2.40. The number of aromatic nitrogens is 2. The summed E-state index contributed by atoms with van der Waals surface area (Å²) in [6, 6.07) is 11.8. The number of rotatable bonds is 15. The predicted molar refractivity (Wildman–Crippen MR) is 263 cm³/mol. The Morgan fingerprint density at radius 2 is 1.25 bits per heavy atom. The monoisotopic (exact) mass is 992 g/mol. The molecule has 5 heterocycles. The number of aliphatic hydroxyl groups is 2. The molecule has 4 aliphatic heterocycles. The highest BCUT2D eigenvalue weighted by Gasteiger charge is 2.39. The van der Waals surface area contributed by atoms with Gasteiger partial charge in [0.2, 0.25) is 11.9 Å². The Labute approximate surface area is 416 Å². The minimum Gasteiger partial charge on any atom is -0.468 e. The first kappa shape index (κ1) is 54.3. The quantitative estimate of drug-likeness (QED) is 0.136. The zero-order chi connectivity index (χ0) is 51.6. The van der Waals surface area contributed by atoms with Crippen molar-refractivity contribution in [2.24, 2.45) is 5.73 Å². The Balaban J connectivity index is 0.000000279. The second-order valence-corrected chi connectivity index (χ2v) is 20.2. The van der Waals surface area contributed by atoms with E-state index in [2.05, 4.69) is 20.6 Å². The molecule has 7 rings (SSSR count). The molecule has 4 atom stereocenters. The maximum Gasteiger partial charge on any atom is 0.410 e. The number of anilines is 2. The van der Waals surface area contributed by atoms with Crippen molar-refractivity contribution in [1.82, 2.24) is 30.0 Å². The summed E-state index contributed by atoms with van der Waals surface area (Å²) in [5.41, 5.74) is 8.29. The molecular weight excluding hydrogens is 919 g/mol. The molecule has 6 N–H and O–H groups in total. The lowest BCUT2D eigenvalue weighted by molar-refractivity contribution is -0.132. The Morgan fingerprint density at radius 3 is 1.72 bits per heavy atom. The highest BCUT2D eigenvalue weighted by Crippen LogP contribution is 2.32. The Kier molecular flexibility index (Phi) is 18.3. The molecule has 0 aliphatic carbocycles. The summed E-state index contributed by atoms with van der Waals surface area (Å²) in [5.74, 6) is 1.79. The van der Waals surface area contributed by atoms with E-state index >= 15 is 0 Å². The van der Waals surface area contributed by atoms with Gasteiger partial charge in [-0.15, -0.1) is 0 Å². The fourth-order valence-electron chi connectivity index (χ4n) is 8.63. The topological polar surface area (TPSA) is 253 Å². The number of nitrogens with zero attached hydrogens (tertiary/aromatic N) is 6. The summed E-state index contributed by atoms with van der Waals surface area (Å²) < 4.78 is 32.2. The van der Waals surface area contributed by atoms with Crippen molar-refractivity contribution in [3.8, 4) is 11.5 Å². The van der Waals surface area contributed by atoms with Crippen LogP contribution in [0, 0.1) is 0 Å². The Hall–Kier alpha value is -6.00. The maximum atomic E-state index is 13.4. The molecule has 0 saturated carbocycles. The fourth-order valence-corrected chi connectivity index (χ4v) is 8.63. The van der Waals surface area contributed by atoms with Crippen LogP contribution in [0.15, 0.2) is 42.5 Å². The van der Waals surface area contributed by atoms with Crippen LogP contribution in [0.25, 0.3) is 0 Å². The third-order valence-corrected chi connectivity index (χ3v) is 12.3. The molecular formula is C50H73N9O12. The first-order chi connectivity index (χ1) is 33.6. The number of nitrogens with one attached hydrogen (secondary N) is 2. The second kappa shape index (κ2) is 23.9. The van der Waals surface area contributed by atoms with Crippen LogP contribution in [0.4, 0.5) is 21.4 Å². The third-order valence-electron chi connectivity index (χ3n) is 12.3. The van der Waals surface area contributed by atoms with Gasteiger partial charge in [-0.1, -0.05) is 12.1 Å². The van der Waals surface area contributed by atoms with E-state index in [-0.39, 0.29) is 50.9 Å². The van der Waals surface area contributed by atoms with Gasteiger partial charge in [0.05, 0.1) is 30.3 Å². The van der Waals surface area contributed by atoms with Gasteiger partial charge in [-0.2, -0.15) is 4.98 Å². The van der Waals surface area contributed by atoms with Crippen LogP contribution in [0.5, 0.6) is 11.5 Å². The minimum atomic E-state index is -1.10. The highest BCUT2D eigenvalue weighted by atomic mass is 16.7. The number of ether oxygens (including phenoxy) is 6. The number of likely N-dealkylation sites (tertiary alicyclic amines) is 1. The second-order valence-electron chi connectivity index (χ2n) is 20.2. The number of nitrogens with two attached hydrogens (primary N) is 1. The molecule has 2 fully saturated rings. The van der Waals surface area contributed by atoms with Gasteiger partial charge in [0.1, 0.15) is 34.2 Å². The molecule has 1 aromatic heterocycles. The molecule has 390 valence electrons. The Bertz CT molecular complexity index is 2310. The van der Waals surface area contributed by atoms with Gasteiger partial charge in [-0.25, -0.2) is 14.6 Å². The largest absolute Gasteiger partial charge is 0.468 e. The zero-order valence-corrected chi connectivity index (χ0v) is 42.6. The number of carbonyl (C=O) groups is 4. The average molecular weight is 992 g/mol. The number of benzene rings is 2. The Morgan fingerprint density at radius 1 is 0.746 bits per heavy atom. The van der Waals surface area contributed by atoms with Crippen molar-refractivity contribution in [1.29, 1.82) is 0 Å². The van der Waals surface area contributed by atoms with Gasteiger partial charge in [0.25, 0.3) is 5.91 Å². The number of fused-ring (bicyclic) bond motifs is 2. The number of hydrogen-bond acceptors (Lipinski definition) is 17. The molecule has 0 spiro atoms. The highest BCUT2D eigenvalue weighted by molar-refractivity contribution is 5.93. The normalized spacial score (nSPS) is 18.7. The molecule has 4 aliphatic rings. The lowest BCUT2D eigenvalue weighted by atomic mass is 9.91. The van der Waals surface area contributed by atoms with Crippen molar-refractivity contribution >= 4 is 35.8 Å². The van der Waals surface area contributed by atoms with Crippen LogP contribution in [0.2, 0.25) is 0 Å². The summed E-state index contributed by atoms with van der Waals surface area (Å²) in [6.45, 7) is 15.8. The first-order valence-corrected chi connectivity index (χ1v) is 24.1. The van der Waals surface area contributed by atoms with E-state index in [0.29, 0.717) is 55.7 Å². The van der Waals surface area contributed by atoms with E-state index < -0.39 is 53.6 Å². The van der Waals surface area contributed by atoms with Crippen molar-refractivity contribution in [3.63, 3.8) is 0 Å².